The number of likely N-dealkylation sites (tertiary alicyclic amines) is 1. The van der Waals surface area contributed by atoms with Crippen LogP contribution >= 0.6 is 15.9 Å². The van der Waals surface area contributed by atoms with Crippen LogP contribution in [0.2, 0.25) is 0 Å². The van der Waals surface area contributed by atoms with Gasteiger partial charge in [-0.1, -0.05) is 28.1 Å². The fraction of sp³-hybridized carbons (Fsp3) is 0.600. The molecule has 1 aromatic rings. The van der Waals surface area contributed by atoms with Crippen LogP contribution in [-0.4, -0.2) is 24.5 Å². The molecule has 0 amide bonds. The van der Waals surface area contributed by atoms with Gasteiger partial charge in [0.1, 0.15) is 0 Å². The van der Waals surface area contributed by atoms with E-state index in [1.807, 2.05) is 0 Å². The predicted octanol–water partition coefficient (Wildman–Crippen LogP) is 3.32. The lowest BCUT2D eigenvalue weighted by Crippen LogP contribution is -2.33. The lowest BCUT2D eigenvalue weighted by atomic mass is 9.93. The molecule has 0 radical (unpaired) electrons. The van der Waals surface area contributed by atoms with Crippen LogP contribution in [0.4, 0.5) is 0 Å². The molecule has 1 saturated heterocycles. The molecule has 0 atom stereocenters. The number of piperidine rings is 1. The fourth-order valence-corrected chi connectivity index (χ4v) is 3.31. The maximum absolute atomic E-state index is 5.63. The summed E-state index contributed by atoms with van der Waals surface area (Å²) in [6, 6.07) is 6.64. The molecule has 0 bridgehead atoms. The van der Waals surface area contributed by atoms with Crippen molar-refractivity contribution >= 4 is 15.9 Å². The largest absolute Gasteiger partial charge is 0.330 e. The zero-order chi connectivity index (χ0) is 13.0. The van der Waals surface area contributed by atoms with Crippen LogP contribution in [0.5, 0.6) is 0 Å². The number of rotatable bonds is 4. The molecule has 2 nitrogen and oxygen atoms in total. The number of hydrogen-bond donors (Lipinski definition) is 1. The lowest BCUT2D eigenvalue weighted by molar-refractivity contribution is 0.173. The summed E-state index contributed by atoms with van der Waals surface area (Å²) in [6.07, 6.45) is 3.81. The van der Waals surface area contributed by atoms with Crippen molar-refractivity contribution in [3.63, 3.8) is 0 Å². The van der Waals surface area contributed by atoms with E-state index in [4.69, 9.17) is 5.73 Å². The molecular formula is C15H23BrN2. The third kappa shape index (κ3) is 3.81. The number of halogens is 1. The summed E-state index contributed by atoms with van der Waals surface area (Å²) in [6.45, 7) is 6.47. The maximum Gasteiger partial charge on any atom is 0.0244 e. The molecule has 2 rings (SSSR count). The lowest BCUT2D eigenvalue weighted by Gasteiger charge is -2.32. The second-order valence-electron chi connectivity index (χ2n) is 5.39. The van der Waals surface area contributed by atoms with Crippen LogP contribution in [0.1, 0.15) is 30.4 Å². The molecule has 1 heterocycles. The summed E-state index contributed by atoms with van der Waals surface area (Å²) in [7, 11) is 0. The van der Waals surface area contributed by atoms with Gasteiger partial charge in [0.05, 0.1) is 0 Å². The normalized spacial score (nSPS) is 18.2. The van der Waals surface area contributed by atoms with E-state index in [0.717, 1.165) is 19.0 Å². The first-order valence-electron chi connectivity index (χ1n) is 6.86. The Kier molecular flexibility index (Phi) is 5.22. The summed E-state index contributed by atoms with van der Waals surface area (Å²) >= 11 is 3.67. The van der Waals surface area contributed by atoms with Crippen LogP contribution in [0.25, 0.3) is 0 Å². The molecule has 1 aliphatic rings. The molecule has 0 spiro atoms. The van der Waals surface area contributed by atoms with Crippen LogP contribution in [0.15, 0.2) is 22.7 Å². The van der Waals surface area contributed by atoms with Crippen LogP contribution < -0.4 is 5.73 Å². The highest BCUT2D eigenvalue weighted by molar-refractivity contribution is 9.10. The monoisotopic (exact) mass is 310 g/mol. The molecule has 0 aromatic heterocycles. The van der Waals surface area contributed by atoms with Gasteiger partial charge in [-0.25, -0.2) is 0 Å². The molecule has 1 aliphatic heterocycles. The minimum atomic E-state index is 0.841. The van der Waals surface area contributed by atoms with E-state index in [0.29, 0.717) is 0 Å². The average Bonchev–Trinajstić information content (AvgIpc) is 2.35. The summed E-state index contributed by atoms with van der Waals surface area (Å²) in [5, 5.41) is 0. The molecular weight excluding hydrogens is 288 g/mol. The van der Waals surface area contributed by atoms with Gasteiger partial charge in [0, 0.05) is 11.0 Å². The Morgan fingerprint density at radius 2 is 2.06 bits per heavy atom. The Morgan fingerprint density at radius 1 is 1.33 bits per heavy atom. The number of aryl methyl sites for hydroxylation is 1. The molecule has 1 fully saturated rings. The van der Waals surface area contributed by atoms with Crippen molar-refractivity contribution in [2.45, 2.75) is 32.7 Å². The van der Waals surface area contributed by atoms with Crippen molar-refractivity contribution in [3.05, 3.63) is 33.8 Å². The topological polar surface area (TPSA) is 29.3 Å². The van der Waals surface area contributed by atoms with E-state index in [2.05, 4.69) is 46.0 Å². The Hall–Kier alpha value is -0.380. The third-order valence-corrected chi connectivity index (χ3v) is 4.62. The Labute approximate surface area is 119 Å². The summed E-state index contributed by atoms with van der Waals surface area (Å²) in [5.74, 6) is 0.854. The molecule has 0 saturated carbocycles. The van der Waals surface area contributed by atoms with Gasteiger partial charge >= 0.3 is 0 Å². The molecule has 0 aliphatic carbocycles. The van der Waals surface area contributed by atoms with Crippen LogP contribution in [0, 0.1) is 12.8 Å². The van der Waals surface area contributed by atoms with Gasteiger partial charge in [0.2, 0.25) is 0 Å². The zero-order valence-corrected chi connectivity index (χ0v) is 12.7. The van der Waals surface area contributed by atoms with Gasteiger partial charge in [-0.3, -0.25) is 4.90 Å². The van der Waals surface area contributed by atoms with E-state index >= 15 is 0 Å². The molecule has 1 aromatic carbocycles. The summed E-state index contributed by atoms with van der Waals surface area (Å²) in [5.41, 5.74) is 8.34. The first kappa shape index (κ1) is 14.0. The van der Waals surface area contributed by atoms with Gasteiger partial charge in [-0.15, -0.1) is 0 Å². The smallest absolute Gasteiger partial charge is 0.0244 e. The maximum atomic E-state index is 5.63. The standard InChI is InChI=1S/C15H23BrN2/c1-12-2-3-14(15(16)10-12)11-18-8-5-13(4-7-17)6-9-18/h2-3,10,13H,4-9,11,17H2,1H3. The molecule has 0 unspecified atom stereocenters. The number of hydrogen-bond acceptors (Lipinski definition) is 2. The minimum Gasteiger partial charge on any atom is -0.330 e. The van der Waals surface area contributed by atoms with E-state index in [-0.39, 0.29) is 0 Å². The van der Waals surface area contributed by atoms with Crippen molar-refractivity contribution in [2.24, 2.45) is 11.7 Å². The average molecular weight is 311 g/mol. The van der Waals surface area contributed by atoms with Crippen molar-refractivity contribution in [3.8, 4) is 0 Å². The van der Waals surface area contributed by atoms with Gasteiger partial charge in [-0.05, 0) is 68.9 Å². The highest BCUT2D eigenvalue weighted by Crippen LogP contribution is 2.24. The third-order valence-electron chi connectivity index (χ3n) is 3.88. The van der Waals surface area contributed by atoms with Gasteiger partial charge in [-0.2, -0.15) is 0 Å². The minimum absolute atomic E-state index is 0.841. The first-order valence-corrected chi connectivity index (χ1v) is 7.66. The fourth-order valence-electron chi connectivity index (χ4n) is 2.69. The van der Waals surface area contributed by atoms with E-state index in [1.54, 1.807) is 0 Å². The summed E-state index contributed by atoms with van der Waals surface area (Å²) < 4.78 is 1.24. The number of benzene rings is 1. The highest BCUT2D eigenvalue weighted by atomic mass is 79.9. The van der Waals surface area contributed by atoms with E-state index in [9.17, 15) is 0 Å². The van der Waals surface area contributed by atoms with Crippen molar-refractivity contribution in [2.75, 3.05) is 19.6 Å². The van der Waals surface area contributed by atoms with Crippen molar-refractivity contribution in [1.82, 2.24) is 4.90 Å². The van der Waals surface area contributed by atoms with Crippen molar-refractivity contribution in [1.29, 1.82) is 0 Å². The van der Waals surface area contributed by atoms with Gasteiger partial charge in [0.15, 0.2) is 0 Å². The molecule has 100 valence electrons. The van der Waals surface area contributed by atoms with Gasteiger partial charge < -0.3 is 5.73 Å². The second kappa shape index (κ2) is 6.69. The summed E-state index contributed by atoms with van der Waals surface area (Å²) in [4.78, 5) is 2.56. The van der Waals surface area contributed by atoms with E-state index in [1.165, 1.54) is 48.0 Å². The van der Waals surface area contributed by atoms with Crippen LogP contribution in [0.3, 0.4) is 0 Å². The predicted molar refractivity (Wildman–Crippen MR) is 80.6 cm³/mol. The van der Waals surface area contributed by atoms with Crippen LogP contribution in [-0.2, 0) is 6.54 Å². The molecule has 3 heteroatoms. The quantitative estimate of drug-likeness (QED) is 0.924. The second-order valence-corrected chi connectivity index (χ2v) is 6.25. The van der Waals surface area contributed by atoms with E-state index < -0.39 is 0 Å². The molecule has 18 heavy (non-hydrogen) atoms. The first-order chi connectivity index (χ1) is 8.69. The Balaban J connectivity index is 1.87. The Bertz CT molecular complexity index is 384. The molecule has 2 N–H and O–H groups in total. The zero-order valence-electron chi connectivity index (χ0n) is 11.2. The highest BCUT2D eigenvalue weighted by Gasteiger charge is 2.18. The van der Waals surface area contributed by atoms with Crippen molar-refractivity contribution < 1.29 is 0 Å². The Morgan fingerprint density at radius 3 is 2.67 bits per heavy atom. The number of nitrogens with two attached hydrogens (primary N) is 1. The number of nitrogens with zero attached hydrogens (tertiary/aromatic N) is 1. The SMILES string of the molecule is Cc1ccc(CN2CCC(CCN)CC2)c(Br)c1. The van der Waals surface area contributed by atoms with Gasteiger partial charge in [0.25, 0.3) is 0 Å².